The number of anilines is 1. The van der Waals surface area contributed by atoms with Gasteiger partial charge in [0.25, 0.3) is 5.91 Å². The second-order valence-electron chi connectivity index (χ2n) is 5.87. The standard InChI is InChI=1S/C17H15FN2O3S/c18-12-4-3-11-9-19(16(21)15-2-1-7-24-15)6-5-13-10-23-17(22)20(13)14(11)8-12/h1-4,7-8,13H,5-6,9-10H2. The first-order valence-corrected chi connectivity index (χ1v) is 8.58. The Balaban J connectivity index is 1.73. The molecule has 1 saturated heterocycles. The summed E-state index contributed by atoms with van der Waals surface area (Å²) in [6.07, 6.45) is 0.142. The summed E-state index contributed by atoms with van der Waals surface area (Å²) in [6, 6.07) is 7.78. The van der Waals surface area contributed by atoms with Crippen LogP contribution in [-0.2, 0) is 11.3 Å². The molecular weight excluding hydrogens is 331 g/mol. The summed E-state index contributed by atoms with van der Waals surface area (Å²) in [5.74, 6) is -0.456. The Morgan fingerprint density at radius 2 is 2.21 bits per heavy atom. The number of ether oxygens (including phenoxy) is 1. The molecule has 1 aromatic heterocycles. The van der Waals surface area contributed by atoms with Crippen molar-refractivity contribution in [1.29, 1.82) is 0 Å². The van der Waals surface area contributed by atoms with Gasteiger partial charge in [-0.1, -0.05) is 12.1 Å². The smallest absolute Gasteiger partial charge is 0.414 e. The van der Waals surface area contributed by atoms with Crippen LogP contribution in [0.3, 0.4) is 0 Å². The van der Waals surface area contributed by atoms with E-state index < -0.39 is 11.9 Å². The number of rotatable bonds is 1. The Kier molecular flexibility index (Phi) is 3.72. The van der Waals surface area contributed by atoms with Crippen LogP contribution in [0.25, 0.3) is 0 Å². The van der Waals surface area contributed by atoms with Gasteiger partial charge in [0.05, 0.1) is 16.6 Å². The Labute approximate surface area is 142 Å². The largest absolute Gasteiger partial charge is 0.447 e. The molecule has 3 heterocycles. The molecule has 2 aliphatic rings. The van der Waals surface area contributed by atoms with Gasteiger partial charge in [0.15, 0.2) is 0 Å². The van der Waals surface area contributed by atoms with E-state index in [1.54, 1.807) is 17.0 Å². The molecule has 0 radical (unpaired) electrons. The Hall–Kier alpha value is -2.41. The summed E-state index contributed by atoms with van der Waals surface area (Å²) in [4.78, 5) is 28.7. The van der Waals surface area contributed by atoms with Crippen LogP contribution < -0.4 is 4.90 Å². The summed E-state index contributed by atoms with van der Waals surface area (Å²) in [5.41, 5.74) is 1.23. The van der Waals surface area contributed by atoms with Crippen LogP contribution in [-0.4, -0.2) is 36.1 Å². The lowest BCUT2D eigenvalue weighted by Gasteiger charge is -2.32. The molecule has 4 rings (SSSR count). The molecule has 0 N–H and O–H groups in total. The van der Waals surface area contributed by atoms with Crippen molar-refractivity contribution in [2.24, 2.45) is 0 Å². The number of cyclic esters (lactones) is 1. The summed E-state index contributed by atoms with van der Waals surface area (Å²) in [5, 5.41) is 1.87. The molecule has 1 atom stereocenters. The fourth-order valence-corrected chi connectivity index (χ4v) is 3.87. The number of hydrogen-bond donors (Lipinski definition) is 0. The van der Waals surface area contributed by atoms with E-state index in [1.165, 1.54) is 28.4 Å². The van der Waals surface area contributed by atoms with Gasteiger partial charge in [-0.2, -0.15) is 0 Å². The van der Waals surface area contributed by atoms with Crippen LogP contribution in [0.5, 0.6) is 0 Å². The lowest BCUT2D eigenvalue weighted by molar-refractivity contribution is 0.0739. The minimum absolute atomic E-state index is 0.0426. The Morgan fingerprint density at radius 1 is 1.33 bits per heavy atom. The van der Waals surface area contributed by atoms with Crippen molar-refractivity contribution in [1.82, 2.24) is 4.90 Å². The first-order valence-electron chi connectivity index (χ1n) is 7.70. The number of thiophene rings is 1. The first kappa shape index (κ1) is 15.1. The predicted octanol–water partition coefficient (Wildman–Crippen LogP) is 3.26. The molecule has 24 heavy (non-hydrogen) atoms. The molecule has 0 saturated carbocycles. The maximum Gasteiger partial charge on any atom is 0.414 e. The molecule has 2 aliphatic heterocycles. The van der Waals surface area contributed by atoms with Gasteiger partial charge >= 0.3 is 6.09 Å². The molecule has 1 fully saturated rings. The van der Waals surface area contributed by atoms with Gasteiger partial charge in [-0.3, -0.25) is 9.69 Å². The zero-order chi connectivity index (χ0) is 16.7. The minimum Gasteiger partial charge on any atom is -0.447 e. The quantitative estimate of drug-likeness (QED) is 0.796. The molecule has 2 aromatic rings. The average molecular weight is 346 g/mol. The molecule has 124 valence electrons. The number of benzene rings is 1. The fourth-order valence-electron chi connectivity index (χ4n) is 3.18. The highest BCUT2D eigenvalue weighted by atomic mass is 32.1. The topological polar surface area (TPSA) is 49.9 Å². The van der Waals surface area contributed by atoms with Crippen molar-refractivity contribution < 1.29 is 18.7 Å². The van der Waals surface area contributed by atoms with Gasteiger partial charge in [-0.05, 0) is 35.6 Å². The third kappa shape index (κ3) is 2.54. The number of carbonyl (C=O) groups is 2. The highest BCUT2D eigenvalue weighted by molar-refractivity contribution is 7.12. The highest BCUT2D eigenvalue weighted by Crippen LogP contribution is 2.32. The van der Waals surface area contributed by atoms with E-state index in [0.29, 0.717) is 30.1 Å². The normalized spacial score (nSPS) is 20.0. The van der Waals surface area contributed by atoms with E-state index >= 15 is 0 Å². The first-order chi connectivity index (χ1) is 11.6. The minimum atomic E-state index is -0.454. The zero-order valence-corrected chi connectivity index (χ0v) is 13.6. The van der Waals surface area contributed by atoms with E-state index in [4.69, 9.17) is 4.74 Å². The van der Waals surface area contributed by atoms with Crippen molar-refractivity contribution in [2.45, 2.75) is 19.0 Å². The number of hydrogen-bond acceptors (Lipinski definition) is 4. The number of carbonyl (C=O) groups excluding carboxylic acids is 2. The van der Waals surface area contributed by atoms with E-state index in [9.17, 15) is 14.0 Å². The van der Waals surface area contributed by atoms with E-state index in [1.807, 2.05) is 11.4 Å². The third-order valence-electron chi connectivity index (χ3n) is 4.38. The maximum absolute atomic E-state index is 13.7. The van der Waals surface area contributed by atoms with E-state index in [0.717, 1.165) is 5.56 Å². The molecule has 0 bridgehead atoms. The SMILES string of the molecule is O=C(c1cccs1)N1CCC2COC(=O)N2c2cc(F)ccc2C1. The van der Waals surface area contributed by atoms with Crippen LogP contribution >= 0.6 is 11.3 Å². The van der Waals surface area contributed by atoms with Crippen LogP contribution in [0.15, 0.2) is 35.7 Å². The van der Waals surface area contributed by atoms with Gasteiger partial charge in [0.2, 0.25) is 0 Å². The van der Waals surface area contributed by atoms with Crippen molar-refractivity contribution in [2.75, 3.05) is 18.1 Å². The van der Waals surface area contributed by atoms with Crippen molar-refractivity contribution >= 4 is 29.0 Å². The molecule has 0 spiro atoms. The van der Waals surface area contributed by atoms with Crippen LogP contribution in [0, 0.1) is 5.82 Å². The van der Waals surface area contributed by atoms with Gasteiger partial charge in [0, 0.05) is 13.1 Å². The van der Waals surface area contributed by atoms with Crippen molar-refractivity contribution in [3.63, 3.8) is 0 Å². The van der Waals surface area contributed by atoms with Gasteiger partial charge < -0.3 is 9.64 Å². The number of amides is 2. The molecule has 1 aromatic carbocycles. The summed E-state index contributed by atoms with van der Waals surface area (Å²) in [7, 11) is 0. The number of halogens is 1. The van der Waals surface area contributed by atoms with Gasteiger partial charge in [0.1, 0.15) is 12.4 Å². The highest BCUT2D eigenvalue weighted by Gasteiger charge is 2.38. The lowest BCUT2D eigenvalue weighted by Crippen LogP contribution is -2.42. The number of fused-ring (bicyclic) bond motifs is 3. The average Bonchev–Trinajstić information content (AvgIpc) is 3.20. The van der Waals surface area contributed by atoms with E-state index in [-0.39, 0.29) is 18.6 Å². The van der Waals surface area contributed by atoms with Crippen molar-refractivity contribution in [3.05, 3.63) is 52.0 Å². The molecular formula is C17H15FN2O3S. The van der Waals surface area contributed by atoms with Crippen LogP contribution in [0.1, 0.15) is 21.7 Å². The molecule has 7 heteroatoms. The zero-order valence-electron chi connectivity index (χ0n) is 12.8. The molecule has 5 nitrogen and oxygen atoms in total. The third-order valence-corrected chi connectivity index (χ3v) is 5.24. The summed E-state index contributed by atoms with van der Waals surface area (Å²) >= 11 is 1.40. The molecule has 0 aliphatic carbocycles. The predicted molar refractivity (Wildman–Crippen MR) is 87.7 cm³/mol. The molecule has 2 amide bonds. The summed E-state index contributed by atoms with van der Waals surface area (Å²) in [6.45, 7) is 1.12. The van der Waals surface area contributed by atoms with Gasteiger partial charge in [-0.15, -0.1) is 11.3 Å². The van der Waals surface area contributed by atoms with E-state index in [2.05, 4.69) is 0 Å². The Bertz CT molecular complexity index is 793. The van der Waals surface area contributed by atoms with Crippen LogP contribution in [0.2, 0.25) is 0 Å². The fraction of sp³-hybridized carbons (Fsp3) is 0.294. The van der Waals surface area contributed by atoms with Gasteiger partial charge in [-0.25, -0.2) is 9.18 Å². The number of nitrogens with zero attached hydrogens (tertiary/aromatic N) is 2. The lowest BCUT2D eigenvalue weighted by atomic mass is 10.0. The second kappa shape index (κ2) is 5.90. The maximum atomic E-state index is 13.7. The Morgan fingerprint density at radius 3 is 3.00 bits per heavy atom. The molecule has 1 unspecified atom stereocenters. The second-order valence-corrected chi connectivity index (χ2v) is 6.81. The monoisotopic (exact) mass is 346 g/mol. The summed E-state index contributed by atoms with van der Waals surface area (Å²) < 4.78 is 18.9. The van der Waals surface area contributed by atoms with Crippen LogP contribution in [0.4, 0.5) is 14.9 Å². The van der Waals surface area contributed by atoms with Crippen molar-refractivity contribution in [3.8, 4) is 0 Å².